The first-order chi connectivity index (χ1) is 28.0. The van der Waals surface area contributed by atoms with Crippen LogP contribution in [0.4, 0.5) is 40.3 Å². The van der Waals surface area contributed by atoms with Gasteiger partial charge in [0.25, 0.3) is 5.91 Å². The Hall–Kier alpha value is -5.71. The second-order valence-corrected chi connectivity index (χ2v) is 15.4. The number of halogens is 4. The molecule has 0 bridgehead atoms. The highest BCUT2D eigenvalue weighted by atomic mass is 32.1. The minimum absolute atomic E-state index is 0. The van der Waals surface area contributed by atoms with Gasteiger partial charge in [0.1, 0.15) is 30.0 Å². The molecule has 2 atom stereocenters. The number of nitrogens with zero attached hydrogens (tertiary/aromatic N) is 6. The Balaban J connectivity index is 0.00000341. The number of nitrogens with one attached hydrogen (secondary N) is 3. The van der Waals surface area contributed by atoms with Crippen molar-refractivity contribution < 1.29 is 45.8 Å². The summed E-state index contributed by atoms with van der Waals surface area (Å²) in [5.41, 5.74) is -1.58. The molecule has 318 valence electrons. The predicted octanol–water partition coefficient (Wildman–Crippen LogP) is 5.38. The van der Waals surface area contributed by atoms with E-state index in [2.05, 4.69) is 30.7 Å². The summed E-state index contributed by atoms with van der Waals surface area (Å²) in [6.07, 6.45) is -3.27. The van der Waals surface area contributed by atoms with Crippen molar-refractivity contribution in [2.45, 2.75) is 63.8 Å². The molecule has 0 saturated carbocycles. The molecule has 59 heavy (non-hydrogen) atoms. The fraction of sp³-hybridized carbons (Fsp3) is 0.425. The largest absolute Gasteiger partial charge is 0.492 e. The number of alkyl halides is 4. The smallest absolute Gasteiger partial charge is 0.419 e. The molecule has 3 aromatic rings. The van der Waals surface area contributed by atoms with Crippen molar-refractivity contribution >= 4 is 63.7 Å². The number of benzene rings is 2. The Morgan fingerprint density at radius 2 is 1.88 bits per heavy atom. The predicted molar refractivity (Wildman–Crippen MR) is 221 cm³/mol. The number of piperidine rings is 1. The van der Waals surface area contributed by atoms with Crippen LogP contribution in [0.25, 0.3) is 0 Å². The van der Waals surface area contributed by atoms with Crippen LogP contribution in [-0.2, 0) is 31.8 Å². The lowest BCUT2D eigenvalue weighted by atomic mass is 10.0. The van der Waals surface area contributed by atoms with Gasteiger partial charge < -0.3 is 20.3 Å². The third-order valence-electron chi connectivity index (χ3n) is 10.5. The lowest BCUT2D eigenvalue weighted by Crippen LogP contribution is -2.54. The highest BCUT2D eigenvalue weighted by Gasteiger charge is 2.51. The van der Waals surface area contributed by atoms with Crippen LogP contribution < -0.4 is 30.5 Å². The van der Waals surface area contributed by atoms with Gasteiger partial charge in [-0.25, -0.2) is 4.98 Å². The molecule has 0 spiro atoms. The Bertz CT molecular complexity index is 2200. The Kier molecular flexibility index (Phi) is 12.8. The molecule has 3 N–H and O–H groups in total. The van der Waals surface area contributed by atoms with E-state index >= 15 is 0 Å². The maximum atomic E-state index is 13.8. The van der Waals surface area contributed by atoms with E-state index in [-0.39, 0.29) is 64.8 Å². The molecule has 3 fully saturated rings. The maximum absolute atomic E-state index is 13.8. The average molecular weight is 844 g/mol. The summed E-state index contributed by atoms with van der Waals surface area (Å²) in [7, 11) is 0. The number of amides is 4. The van der Waals surface area contributed by atoms with Crippen molar-refractivity contribution in [1.82, 2.24) is 20.1 Å². The lowest BCUT2D eigenvalue weighted by Gasteiger charge is -2.39. The van der Waals surface area contributed by atoms with Crippen LogP contribution in [0.5, 0.6) is 5.75 Å². The maximum Gasteiger partial charge on any atom is 0.419 e. The van der Waals surface area contributed by atoms with E-state index in [0.29, 0.717) is 67.0 Å². The first-order valence-electron chi connectivity index (χ1n) is 18.9. The van der Waals surface area contributed by atoms with Crippen LogP contribution >= 0.6 is 12.2 Å². The molecule has 14 nitrogen and oxygen atoms in total. The van der Waals surface area contributed by atoms with Crippen molar-refractivity contribution in [3.63, 3.8) is 0 Å². The van der Waals surface area contributed by atoms with Gasteiger partial charge in [0.2, 0.25) is 17.7 Å². The second-order valence-electron chi connectivity index (χ2n) is 15.0. The molecule has 3 aliphatic rings. The highest BCUT2D eigenvalue weighted by Crippen LogP contribution is 2.40. The quantitative estimate of drug-likeness (QED) is 0.115. The molecular formula is C40H49F4N9O5S. The van der Waals surface area contributed by atoms with Crippen LogP contribution in [0.3, 0.4) is 0 Å². The molecular weight excluding hydrogens is 795 g/mol. The zero-order chi connectivity index (χ0) is 42.6. The Labute approximate surface area is 347 Å². The number of nitriles is 1. The Morgan fingerprint density at radius 3 is 2.58 bits per heavy atom. The van der Waals surface area contributed by atoms with E-state index in [1.807, 2.05) is 6.92 Å². The average Bonchev–Trinajstić information content (AvgIpc) is 3.35. The fourth-order valence-corrected chi connectivity index (χ4v) is 7.90. The van der Waals surface area contributed by atoms with Crippen LogP contribution in [0, 0.1) is 11.3 Å². The van der Waals surface area contributed by atoms with Gasteiger partial charge >= 0.3 is 6.18 Å². The Morgan fingerprint density at radius 1 is 1.12 bits per heavy atom. The molecule has 0 aliphatic carbocycles. The van der Waals surface area contributed by atoms with E-state index in [1.54, 1.807) is 56.3 Å². The first-order valence-corrected chi connectivity index (χ1v) is 19.3. The number of rotatable bonds is 13. The summed E-state index contributed by atoms with van der Waals surface area (Å²) in [6.45, 7) is 7.46. The molecule has 3 saturated heterocycles. The van der Waals surface area contributed by atoms with Gasteiger partial charge in [0.15, 0.2) is 10.8 Å². The van der Waals surface area contributed by atoms with Crippen molar-refractivity contribution in [2.24, 2.45) is 0 Å². The van der Waals surface area contributed by atoms with Crippen molar-refractivity contribution in [1.29, 1.82) is 5.26 Å². The van der Waals surface area contributed by atoms with Gasteiger partial charge in [-0.1, -0.05) is 6.07 Å². The number of hydrogen-bond acceptors (Lipinski definition) is 11. The molecule has 4 amide bonds. The van der Waals surface area contributed by atoms with Gasteiger partial charge in [0, 0.05) is 66.4 Å². The number of carbonyl (C=O) groups is 4. The topological polar surface area (TPSA) is 163 Å². The molecule has 1 aromatic heterocycles. The number of piperazine rings is 1. The molecule has 2 aromatic carbocycles. The monoisotopic (exact) mass is 843 g/mol. The number of hydrogen-bond donors (Lipinski definition) is 3. The number of thiocarbonyl (C=S) groups is 1. The highest BCUT2D eigenvalue weighted by molar-refractivity contribution is 7.81. The van der Waals surface area contributed by atoms with Gasteiger partial charge in [-0.05, 0) is 87.4 Å². The SMILES string of the molecule is C[C@@H]1CN(CCOc2ccc(N3C(=S)N(c4cnc(C#N)c(C(F)(F)F)c4)C(=O)C3(C)C)cc2CCF)CCN1CC(=O)Nc1cccc(NC2CCC(=O)NC2=O)c1.[HH].[HH].[HH]. The van der Waals surface area contributed by atoms with Gasteiger partial charge in [-0.3, -0.25) is 43.6 Å². The standard InChI is InChI=1S/C40H43F4N9O5S.3H2/c1-24-22-50(13-14-51(24)23-35(55)48-27-6-4-5-26(18-27)47-31-8-10-34(54)49-36(31)56)15-16-58-33-9-7-28(17-25(33)11-12-41)53-38(59)52(37(57)39(53,2)3)29-19-30(40(42,43)44)32(20-45)46-21-29;;;/h4-7,9,17-19,21,24,31,47H,8,10-16,22-23H2,1-3H3,(H,48,55)(H,49,54,56);3*1H/t24-,31?;;;/m1.../s1. The molecule has 4 heterocycles. The third kappa shape index (κ3) is 9.61. The van der Waals surface area contributed by atoms with Crippen molar-refractivity contribution in [3.05, 3.63) is 71.5 Å². The lowest BCUT2D eigenvalue weighted by molar-refractivity contribution is -0.138. The number of pyridine rings is 1. The molecule has 6 rings (SSSR count). The summed E-state index contributed by atoms with van der Waals surface area (Å²) >= 11 is 5.64. The summed E-state index contributed by atoms with van der Waals surface area (Å²) in [5.74, 6) is -1.05. The number of anilines is 4. The minimum Gasteiger partial charge on any atom is -0.492 e. The van der Waals surface area contributed by atoms with Crippen molar-refractivity contribution in [2.75, 3.05) is 66.4 Å². The van der Waals surface area contributed by atoms with E-state index in [9.17, 15) is 36.7 Å². The minimum atomic E-state index is -4.90. The van der Waals surface area contributed by atoms with E-state index in [4.69, 9.17) is 22.2 Å². The number of imide groups is 1. The summed E-state index contributed by atoms with van der Waals surface area (Å²) in [6, 6.07) is 13.6. The van der Waals surface area contributed by atoms with Gasteiger partial charge in [-0.15, -0.1) is 0 Å². The molecule has 1 unspecified atom stereocenters. The van der Waals surface area contributed by atoms with E-state index in [0.717, 1.165) is 11.1 Å². The van der Waals surface area contributed by atoms with Gasteiger partial charge in [0.05, 0.1) is 30.7 Å². The summed E-state index contributed by atoms with van der Waals surface area (Å²) < 4.78 is 61.2. The molecule has 19 heteroatoms. The number of aromatic nitrogens is 1. The van der Waals surface area contributed by atoms with E-state index < -0.39 is 41.6 Å². The first kappa shape index (κ1) is 42.9. The van der Waals surface area contributed by atoms with Crippen LogP contribution in [0.1, 0.15) is 54.7 Å². The van der Waals surface area contributed by atoms with Crippen LogP contribution in [0.15, 0.2) is 54.7 Å². The number of ether oxygens (including phenoxy) is 1. The third-order valence-corrected chi connectivity index (χ3v) is 10.8. The normalized spacial score (nSPS) is 20.0. The van der Waals surface area contributed by atoms with E-state index in [1.165, 1.54) is 11.0 Å². The summed E-state index contributed by atoms with van der Waals surface area (Å²) in [4.78, 5) is 60.6. The number of aryl methyl sites for hydroxylation is 1. The molecule has 3 aliphatic heterocycles. The zero-order valence-corrected chi connectivity index (χ0v) is 33.4. The van der Waals surface area contributed by atoms with Crippen molar-refractivity contribution in [3.8, 4) is 11.8 Å². The van der Waals surface area contributed by atoms with Crippen LogP contribution in [-0.4, -0.2) is 107 Å². The van der Waals surface area contributed by atoms with Crippen LogP contribution in [0.2, 0.25) is 0 Å². The number of carbonyl (C=O) groups excluding carboxylic acids is 4. The molecule has 0 radical (unpaired) electrons. The fourth-order valence-electron chi connectivity index (χ4n) is 7.38. The summed E-state index contributed by atoms with van der Waals surface area (Å²) in [5, 5.41) is 17.4. The second kappa shape index (κ2) is 17.6. The zero-order valence-electron chi connectivity index (χ0n) is 32.6. The van der Waals surface area contributed by atoms with Gasteiger partial charge in [-0.2, -0.15) is 18.4 Å².